The average molecular weight is 344 g/mol. The zero-order chi connectivity index (χ0) is 16.9. The Morgan fingerprint density at radius 2 is 2.21 bits per heavy atom. The van der Waals surface area contributed by atoms with Gasteiger partial charge in [-0.2, -0.15) is 0 Å². The second-order valence-electron chi connectivity index (χ2n) is 6.14. The van der Waals surface area contributed by atoms with Gasteiger partial charge in [0, 0.05) is 51.8 Å². The number of rotatable bonds is 4. The summed E-state index contributed by atoms with van der Waals surface area (Å²) >= 11 is 5.58. The third-order valence-electron chi connectivity index (χ3n) is 4.41. The van der Waals surface area contributed by atoms with Crippen LogP contribution >= 0.6 is 12.2 Å². The Labute approximate surface area is 149 Å². The maximum absolute atomic E-state index is 5.69. The molecule has 0 spiro atoms. The monoisotopic (exact) mass is 344 g/mol. The summed E-state index contributed by atoms with van der Waals surface area (Å²) in [6, 6.07) is 2.03. The first-order valence-electron chi connectivity index (χ1n) is 8.45. The minimum Gasteiger partial charge on any atom is -0.491 e. The molecule has 2 aliphatic heterocycles. The van der Waals surface area contributed by atoms with E-state index in [1.54, 1.807) is 0 Å². The van der Waals surface area contributed by atoms with E-state index in [1.165, 1.54) is 0 Å². The first-order valence-corrected chi connectivity index (χ1v) is 8.85. The van der Waals surface area contributed by atoms with Crippen LogP contribution in [0, 0.1) is 6.92 Å². The van der Waals surface area contributed by atoms with Crippen LogP contribution in [0.2, 0.25) is 0 Å². The molecular formula is C18H24N4OS. The number of fused-ring (bicyclic) bond motifs is 1. The van der Waals surface area contributed by atoms with Crippen molar-refractivity contribution in [2.75, 3.05) is 39.3 Å². The number of hydrogen-bond donors (Lipinski definition) is 0. The van der Waals surface area contributed by atoms with Crippen molar-refractivity contribution in [3.05, 3.63) is 36.3 Å². The number of aromatic nitrogens is 1. The molecule has 0 amide bonds. The molecular weight excluding hydrogens is 320 g/mol. The molecule has 3 heterocycles. The number of thiocarbonyl (C=S) groups is 1. The van der Waals surface area contributed by atoms with Crippen LogP contribution in [0.25, 0.3) is 0 Å². The summed E-state index contributed by atoms with van der Waals surface area (Å²) in [5.74, 6) is 0.850. The van der Waals surface area contributed by atoms with Gasteiger partial charge in [-0.25, -0.2) is 0 Å². The Morgan fingerprint density at radius 3 is 2.96 bits per heavy atom. The molecule has 0 unspecified atom stereocenters. The van der Waals surface area contributed by atoms with E-state index in [1.807, 2.05) is 25.4 Å². The zero-order valence-electron chi connectivity index (χ0n) is 14.2. The summed E-state index contributed by atoms with van der Waals surface area (Å²) in [6.07, 6.45) is 5.40. The van der Waals surface area contributed by atoms with Gasteiger partial charge in [0.05, 0.1) is 17.3 Å². The lowest BCUT2D eigenvalue weighted by Gasteiger charge is -2.35. The lowest BCUT2D eigenvalue weighted by molar-refractivity contribution is 0.238. The first kappa shape index (κ1) is 16.9. The number of aryl methyl sites for hydroxylation is 1. The van der Waals surface area contributed by atoms with E-state index in [0.29, 0.717) is 13.2 Å². The Balaban J connectivity index is 1.56. The Bertz CT molecular complexity index is 650. The van der Waals surface area contributed by atoms with Gasteiger partial charge >= 0.3 is 0 Å². The molecule has 1 aromatic rings. The molecule has 0 saturated carbocycles. The van der Waals surface area contributed by atoms with Crippen molar-refractivity contribution in [2.24, 2.45) is 4.99 Å². The molecule has 2 aliphatic rings. The van der Waals surface area contributed by atoms with Crippen LogP contribution in [-0.2, 0) is 0 Å². The van der Waals surface area contributed by atoms with E-state index in [-0.39, 0.29) is 0 Å². The molecule has 0 bridgehead atoms. The van der Waals surface area contributed by atoms with Gasteiger partial charge in [0.25, 0.3) is 0 Å². The molecule has 1 saturated heterocycles. The molecule has 6 heteroatoms. The van der Waals surface area contributed by atoms with Crippen LogP contribution in [0.5, 0.6) is 5.75 Å². The standard InChI is InChI=1S/C18H24N4OS/c1-3-21-7-9-22(10-8-21)17(24)4-6-19-15-5-11-23-16-12-14(2)13-20-18(15)16/h3,12-13H,1,4-11H2,2H3/b19-15-. The zero-order valence-corrected chi connectivity index (χ0v) is 15.0. The number of aliphatic imine (C=N–C) groups is 1. The molecule has 1 aromatic heterocycles. The van der Waals surface area contributed by atoms with E-state index in [9.17, 15) is 0 Å². The molecule has 3 rings (SSSR count). The molecule has 5 nitrogen and oxygen atoms in total. The quantitative estimate of drug-likeness (QED) is 0.785. The van der Waals surface area contributed by atoms with E-state index < -0.39 is 0 Å². The van der Waals surface area contributed by atoms with Crippen LogP contribution in [0.1, 0.15) is 24.1 Å². The third-order valence-corrected chi connectivity index (χ3v) is 4.88. The summed E-state index contributed by atoms with van der Waals surface area (Å²) in [5.41, 5.74) is 3.03. The minimum absolute atomic E-state index is 0.672. The van der Waals surface area contributed by atoms with E-state index in [0.717, 1.165) is 66.7 Å². The van der Waals surface area contributed by atoms with Gasteiger partial charge in [0.2, 0.25) is 0 Å². The number of nitrogens with zero attached hydrogens (tertiary/aromatic N) is 4. The lowest BCUT2D eigenvalue weighted by atomic mass is 10.1. The third kappa shape index (κ3) is 3.93. The second kappa shape index (κ2) is 7.75. The normalized spacial score (nSPS) is 19.0. The highest BCUT2D eigenvalue weighted by atomic mass is 32.1. The van der Waals surface area contributed by atoms with Crippen LogP contribution in [0.3, 0.4) is 0 Å². The van der Waals surface area contributed by atoms with Gasteiger partial charge < -0.3 is 14.5 Å². The van der Waals surface area contributed by atoms with E-state index >= 15 is 0 Å². The Hall–Kier alpha value is -1.95. The summed E-state index contributed by atoms with van der Waals surface area (Å²) < 4.78 is 5.69. The van der Waals surface area contributed by atoms with Gasteiger partial charge in [0.1, 0.15) is 11.4 Å². The molecule has 1 fully saturated rings. The summed E-state index contributed by atoms with van der Waals surface area (Å²) in [4.78, 5) is 14.8. The van der Waals surface area contributed by atoms with Gasteiger partial charge in [-0.15, -0.1) is 0 Å². The Kier molecular flexibility index (Phi) is 5.45. The van der Waals surface area contributed by atoms with Crippen LogP contribution < -0.4 is 4.74 Å². The van der Waals surface area contributed by atoms with Crippen molar-refractivity contribution >= 4 is 22.9 Å². The average Bonchev–Trinajstić information content (AvgIpc) is 2.61. The number of ether oxygens (including phenoxy) is 1. The number of pyridine rings is 1. The highest BCUT2D eigenvalue weighted by Gasteiger charge is 2.19. The van der Waals surface area contributed by atoms with E-state index in [4.69, 9.17) is 21.9 Å². The first-order chi connectivity index (χ1) is 11.7. The van der Waals surface area contributed by atoms with Gasteiger partial charge in [-0.3, -0.25) is 9.98 Å². The van der Waals surface area contributed by atoms with Crippen molar-refractivity contribution in [3.63, 3.8) is 0 Å². The van der Waals surface area contributed by atoms with Crippen molar-refractivity contribution in [2.45, 2.75) is 19.8 Å². The highest BCUT2D eigenvalue weighted by Crippen LogP contribution is 2.24. The summed E-state index contributed by atoms with van der Waals surface area (Å²) in [6.45, 7) is 11.2. The van der Waals surface area contributed by atoms with Crippen LogP contribution in [-0.4, -0.2) is 64.8 Å². The van der Waals surface area contributed by atoms with Gasteiger partial charge in [-0.1, -0.05) is 18.8 Å². The highest BCUT2D eigenvalue weighted by molar-refractivity contribution is 7.80. The number of hydrogen-bond acceptors (Lipinski definition) is 5. The van der Waals surface area contributed by atoms with Crippen molar-refractivity contribution < 1.29 is 4.74 Å². The topological polar surface area (TPSA) is 41.0 Å². The molecule has 0 radical (unpaired) electrons. The summed E-state index contributed by atoms with van der Waals surface area (Å²) in [5, 5.41) is 0. The smallest absolute Gasteiger partial charge is 0.147 e. The van der Waals surface area contributed by atoms with Gasteiger partial charge in [-0.05, 0) is 24.8 Å². The van der Waals surface area contributed by atoms with Crippen LogP contribution in [0.15, 0.2) is 30.0 Å². The summed E-state index contributed by atoms with van der Waals surface area (Å²) in [7, 11) is 0. The largest absolute Gasteiger partial charge is 0.491 e. The number of piperazine rings is 1. The molecule has 24 heavy (non-hydrogen) atoms. The fourth-order valence-electron chi connectivity index (χ4n) is 3.00. The SMILES string of the molecule is C=CN1CCN(C(=S)CC/N=C2/CCOc3cc(C)cnc32)CC1. The van der Waals surface area contributed by atoms with Gasteiger partial charge in [0.15, 0.2) is 0 Å². The molecule has 0 N–H and O–H groups in total. The molecule has 0 aromatic carbocycles. The lowest BCUT2D eigenvalue weighted by Crippen LogP contribution is -2.46. The van der Waals surface area contributed by atoms with Crippen molar-refractivity contribution in [1.82, 2.24) is 14.8 Å². The fourth-order valence-corrected chi connectivity index (χ4v) is 3.27. The van der Waals surface area contributed by atoms with Crippen molar-refractivity contribution in [1.29, 1.82) is 0 Å². The fraction of sp³-hybridized carbons (Fsp3) is 0.500. The second-order valence-corrected chi connectivity index (χ2v) is 6.61. The Morgan fingerprint density at radius 1 is 1.42 bits per heavy atom. The molecule has 128 valence electrons. The molecule has 0 atom stereocenters. The maximum atomic E-state index is 5.69. The minimum atomic E-state index is 0.672. The molecule has 0 aliphatic carbocycles. The predicted octanol–water partition coefficient (Wildman–Crippen LogP) is 2.44. The maximum Gasteiger partial charge on any atom is 0.147 e. The van der Waals surface area contributed by atoms with Crippen LogP contribution in [0.4, 0.5) is 0 Å². The predicted molar refractivity (Wildman–Crippen MR) is 101 cm³/mol. The van der Waals surface area contributed by atoms with E-state index in [2.05, 4.69) is 21.4 Å². The van der Waals surface area contributed by atoms with Crippen molar-refractivity contribution in [3.8, 4) is 5.75 Å².